The number of carbonyl (C=O) groups is 3. The van der Waals surface area contributed by atoms with E-state index in [0.29, 0.717) is 67.3 Å². The zero-order chi connectivity index (χ0) is 27.5. The highest BCUT2D eigenvalue weighted by atomic mass is 19.1. The molecule has 4 aliphatic rings. The number of amides is 2. The van der Waals surface area contributed by atoms with Crippen molar-refractivity contribution in [1.29, 1.82) is 0 Å². The highest BCUT2D eigenvalue weighted by Crippen LogP contribution is 2.45. The number of anilines is 1. The molecule has 1 fully saturated rings. The van der Waals surface area contributed by atoms with Crippen molar-refractivity contribution in [1.82, 2.24) is 4.90 Å². The number of nitrogens with one attached hydrogen (secondary N) is 1. The number of nitrogens with zero attached hydrogens (tertiary/aromatic N) is 1. The van der Waals surface area contributed by atoms with E-state index in [9.17, 15) is 14.4 Å². The molecule has 2 aliphatic carbocycles. The van der Waals surface area contributed by atoms with E-state index in [-0.39, 0.29) is 35.4 Å². The first kappa shape index (κ1) is 25.6. The van der Waals surface area contributed by atoms with E-state index in [1.54, 1.807) is 11.0 Å². The van der Waals surface area contributed by atoms with Crippen LogP contribution in [0.15, 0.2) is 24.3 Å². The first-order valence-electron chi connectivity index (χ1n) is 13.7. The lowest BCUT2D eigenvalue weighted by molar-refractivity contribution is -0.149. The Balaban J connectivity index is 1.31. The zero-order valence-corrected chi connectivity index (χ0v) is 22.2. The van der Waals surface area contributed by atoms with Gasteiger partial charge in [-0.05, 0) is 78.3 Å². The molecule has 0 bridgehead atoms. The maximum atomic E-state index is 15.2. The number of rotatable bonds is 5. The number of carboxylic acid groups (broad SMARTS) is 1. The SMILES string of the molecule is CC1(C)CCc2cc(NC(=O)C3c4ccc5c(c4CCN3C(=O)[C@H]3C[C@@H](CC(=O)O)C3)OCCO5)cc(F)c21. The largest absolute Gasteiger partial charge is 0.486 e. The van der Waals surface area contributed by atoms with Crippen molar-refractivity contribution in [2.24, 2.45) is 11.8 Å². The molecule has 206 valence electrons. The highest BCUT2D eigenvalue weighted by Gasteiger charge is 2.44. The van der Waals surface area contributed by atoms with Crippen LogP contribution >= 0.6 is 0 Å². The van der Waals surface area contributed by atoms with Crippen LogP contribution < -0.4 is 14.8 Å². The molecule has 0 spiro atoms. The van der Waals surface area contributed by atoms with Gasteiger partial charge in [-0.1, -0.05) is 19.9 Å². The number of fused-ring (bicyclic) bond motifs is 4. The van der Waals surface area contributed by atoms with Gasteiger partial charge < -0.3 is 24.8 Å². The van der Waals surface area contributed by atoms with E-state index >= 15 is 4.39 Å². The van der Waals surface area contributed by atoms with Crippen molar-refractivity contribution in [3.63, 3.8) is 0 Å². The van der Waals surface area contributed by atoms with Gasteiger partial charge in [0, 0.05) is 30.1 Å². The Morgan fingerprint density at radius 3 is 2.67 bits per heavy atom. The van der Waals surface area contributed by atoms with E-state index in [1.165, 1.54) is 6.07 Å². The molecule has 9 heteroatoms. The van der Waals surface area contributed by atoms with Crippen molar-refractivity contribution < 1.29 is 33.4 Å². The molecule has 1 unspecified atom stereocenters. The number of carbonyl (C=O) groups excluding carboxylic acids is 2. The fourth-order valence-electron chi connectivity index (χ4n) is 6.81. The smallest absolute Gasteiger partial charge is 0.303 e. The molecule has 0 aromatic heterocycles. The second-order valence-electron chi connectivity index (χ2n) is 11.8. The third-order valence-electron chi connectivity index (χ3n) is 8.77. The molecular weight excluding hydrogens is 503 g/mol. The molecule has 1 saturated carbocycles. The Labute approximate surface area is 226 Å². The Morgan fingerprint density at radius 1 is 1.13 bits per heavy atom. The number of benzene rings is 2. The first-order chi connectivity index (χ1) is 18.6. The quantitative estimate of drug-likeness (QED) is 0.588. The van der Waals surface area contributed by atoms with Crippen LogP contribution in [0.4, 0.5) is 10.1 Å². The summed E-state index contributed by atoms with van der Waals surface area (Å²) < 4.78 is 26.8. The third-order valence-corrected chi connectivity index (χ3v) is 8.77. The number of halogens is 1. The number of carboxylic acids is 1. The second kappa shape index (κ2) is 9.54. The fourth-order valence-corrected chi connectivity index (χ4v) is 6.81. The van der Waals surface area contributed by atoms with E-state index in [2.05, 4.69) is 5.32 Å². The predicted octanol–water partition coefficient (Wildman–Crippen LogP) is 4.39. The number of aliphatic carboxylic acids is 1. The lowest BCUT2D eigenvalue weighted by atomic mass is 9.72. The lowest BCUT2D eigenvalue weighted by Gasteiger charge is -2.42. The van der Waals surface area contributed by atoms with E-state index < -0.39 is 17.9 Å². The summed E-state index contributed by atoms with van der Waals surface area (Å²) in [5, 5.41) is 12.0. The first-order valence-corrected chi connectivity index (χ1v) is 13.7. The van der Waals surface area contributed by atoms with Crippen molar-refractivity contribution in [2.75, 3.05) is 25.1 Å². The van der Waals surface area contributed by atoms with Gasteiger partial charge in [0.15, 0.2) is 11.5 Å². The molecule has 2 amide bonds. The van der Waals surface area contributed by atoms with Gasteiger partial charge in [0.05, 0.1) is 0 Å². The predicted molar refractivity (Wildman–Crippen MR) is 140 cm³/mol. The Kier molecular flexibility index (Phi) is 6.27. The molecule has 2 heterocycles. The lowest BCUT2D eigenvalue weighted by Crippen LogP contribution is -2.50. The molecule has 0 radical (unpaired) electrons. The Bertz CT molecular complexity index is 1370. The van der Waals surface area contributed by atoms with Gasteiger partial charge in [-0.25, -0.2) is 4.39 Å². The molecular formula is C30H33FN2O6. The van der Waals surface area contributed by atoms with Crippen molar-refractivity contribution in [3.05, 3.63) is 52.3 Å². The van der Waals surface area contributed by atoms with Crippen LogP contribution in [-0.2, 0) is 32.6 Å². The second-order valence-corrected chi connectivity index (χ2v) is 11.8. The van der Waals surface area contributed by atoms with Crippen molar-refractivity contribution >= 4 is 23.5 Å². The van der Waals surface area contributed by atoms with Gasteiger partial charge in [-0.3, -0.25) is 14.4 Å². The summed E-state index contributed by atoms with van der Waals surface area (Å²) in [5.41, 5.74) is 3.22. The molecule has 2 N–H and O–H groups in total. The van der Waals surface area contributed by atoms with Crippen LogP contribution in [-0.4, -0.2) is 47.5 Å². The summed E-state index contributed by atoms with van der Waals surface area (Å²) in [6.07, 6.45) is 3.12. The summed E-state index contributed by atoms with van der Waals surface area (Å²) in [5.74, 6) is -0.886. The molecule has 1 atom stereocenters. The van der Waals surface area contributed by atoms with Crippen LogP contribution in [0, 0.1) is 17.7 Å². The minimum absolute atomic E-state index is 0.0305. The topological polar surface area (TPSA) is 105 Å². The molecule has 6 rings (SSSR count). The van der Waals surface area contributed by atoms with E-state index in [0.717, 1.165) is 24.0 Å². The minimum Gasteiger partial charge on any atom is -0.486 e. The molecule has 8 nitrogen and oxygen atoms in total. The highest BCUT2D eigenvalue weighted by molar-refractivity contribution is 5.99. The van der Waals surface area contributed by atoms with E-state index in [4.69, 9.17) is 14.6 Å². The van der Waals surface area contributed by atoms with Gasteiger partial charge in [0.2, 0.25) is 5.91 Å². The fraction of sp³-hybridized carbons (Fsp3) is 0.500. The maximum absolute atomic E-state index is 15.2. The summed E-state index contributed by atoms with van der Waals surface area (Å²) in [6, 6.07) is 5.86. The molecule has 2 aromatic carbocycles. The Morgan fingerprint density at radius 2 is 1.90 bits per heavy atom. The molecule has 2 aromatic rings. The molecule has 39 heavy (non-hydrogen) atoms. The van der Waals surface area contributed by atoms with Gasteiger partial charge in [0.1, 0.15) is 25.1 Å². The van der Waals surface area contributed by atoms with Crippen LogP contribution in [0.25, 0.3) is 0 Å². The van der Waals surface area contributed by atoms with Crippen molar-refractivity contribution in [3.8, 4) is 11.5 Å². The minimum atomic E-state index is -0.927. The van der Waals surface area contributed by atoms with E-state index in [1.807, 2.05) is 26.0 Å². The van der Waals surface area contributed by atoms with Gasteiger partial charge >= 0.3 is 5.97 Å². The van der Waals surface area contributed by atoms with Crippen LogP contribution in [0.3, 0.4) is 0 Å². The third kappa shape index (κ3) is 4.51. The molecule has 0 saturated heterocycles. The number of ether oxygens (including phenoxy) is 2. The summed E-state index contributed by atoms with van der Waals surface area (Å²) >= 11 is 0. The van der Waals surface area contributed by atoms with Crippen molar-refractivity contribution in [2.45, 2.75) is 63.8 Å². The monoisotopic (exact) mass is 536 g/mol. The van der Waals surface area contributed by atoms with Crippen LogP contribution in [0.5, 0.6) is 11.5 Å². The van der Waals surface area contributed by atoms with Gasteiger partial charge in [-0.15, -0.1) is 0 Å². The number of hydrogen-bond acceptors (Lipinski definition) is 5. The average Bonchev–Trinajstić information content (AvgIpc) is 3.18. The van der Waals surface area contributed by atoms with Gasteiger partial charge in [0.25, 0.3) is 5.91 Å². The molecule has 2 aliphatic heterocycles. The van der Waals surface area contributed by atoms with Crippen LogP contribution in [0.2, 0.25) is 0 Å². The summed E-state index contributed by atoms with van der Waals surface area (Å²) in [6.45, 7) is 5.21. The number of hydrogen-bond donors (Lipinski definition) is 2. The van der Waals surface area contributed by atoms with Crippen LogP contribution in [0.1, 0.15) is 67.8 Å². The summed E-state index contributed by atoms with van der Waals surface area (Å²) in [7, 11) is 0. The number of aryl methyl sites for hydroxylation is 1. The summed E-state index contributed by atoms with van der Waals surface area (Å²) in [4.78, 5) is 40.2. The Hall–Kier alpha value is -3.62. The van der Waals surface area contributed by atoms with Gasteiger partial charge in [-0.2, -0.15) is 0 Å². The average molecular weight is 537 g/mol. The maximum Gasteiger partial charge on any atom is 0.303 e. The zero-order valence-electron chi connectivity index (χ0n) is 22.2. The standard InChI is InChI=1S/C30H33FN2O6/c1-30(2)7-5-17-14-19(15-22(31)25(17)30)32-28(36)26-20-3-4-23-27(39-10-9-38-23)21(20)6-8-33(26)29(37)18-11-16(12-18)13-24(34)35/h3-4,14-16,18,26H,5-13H2,1-2H3,(H,32,36)(H,34,35)/t16-,18+,26?. The normalized spacial score (nSPS) is 24.3.